The number of carbonyl (C=O) groups excluding carboxylic acids is 2. The van der Waals surface area contributed by atoms with E-state index in [0.717, 1.165) is 28.1 Å². The summed E-state index contributed by atoms with van der Waals surface area (Å²) in [7, 11) is 1.71. The number of fused-ring (bicyclic) bond motifs is 1. The molecule has 2 heterocycles. The molecule has 0 bridgehead atoms. The number of aromatic nitrogens is 1. The van der Waals surface area contributed by atoms with Crippen LogP contribution in [-0.4, -0.2) is 24.0 Å². The molecule has 4 aromatic rings. The van der Waals surface area contributed by atoms with Crippen LogP contribution in [0, 0.1) is 0 Å². The van der Waals surface area contributed by atoms with Gasteiger partial charge in [0.1, 0.15) is 0 Å². The number of rotatable bonds is 6. The Morgan fingerprint density at radius 1 is 0.973 bits per heavy atom. The fourth-order valence-corrected chi connectivity index (χ4v) is 4.28. The molecule has 7 nitrogen and oxygen atoms in total. The first kappa shape index (κ1) is 24.1. The number of halogens is 1. The summed E-state index contributed by atoms with van der Waals surface area (Å²) in [6.07, 6.45) is 3.39. The second-order valence-electron chi connectivity index (χ2n) is 8.51. The summed E-state index contributed by atoms with van der Waals surface area (Å²) < 4.78 is 0. The molecule has 0 unspecified atom stereocenters. The average molecular weight is 510 g/mol. The van der Waals surface area contributed by atoms with E-state index in [9.17, 15) is 9.59 Å². The smallest absolute Gasteiger partial charge is 0.321 e. The van der Waals surface area contributed by atoms with Crippen LogP contribution in [0.15, 0.2) is 97.3 Å². The Balaban J connectivity index is 1.39. The molecule has 0 fully saturated rings. The minimum Gasteiger partial charge on any atom is -0.354 e. The molecule has 3 aromatic carbocycles. The lowest BCUT2D eigenvalue weighted by Crippen LogP contribution is -2.36. The van der Waals surface area contributed by atoms with Crippen molar-refractivity contribution in [1.82, 2.24) is 10.3 Å². The van der Waals surface area contributed by atoms with E-state index in [4.69, 9.17) is 11.6 Å². The highest BCUT2D eigenvalue weighted by Crippen LogP contribution is 2.38. The standard InChI is InChI=1S/C29H24ClN5O2/c1-35(29(37)32-18-19-13-15-31-16-14-19)23-10-8-22(9-11-23)33-27(20-5-3-2-4-6-20)26-24-12-7-21(30)17-25(24)34-28(26)36/h2-17,33H,18H2,1H3,(H,32,37)(H,34,36)/b27-26-. The molecule has 1 aromatic heterocycles. The molecule has 1 aliphatic heterocycles. The fraction of sp³-hybridized carbons (Fsp3) is 0.0690. The monoisotopic (exact) mass is 509 g/mol. The number of nitrogens with zero attached hydrogens (tertiary/aromatic N) is 2. The van der Waals surface area contributed by atoms with Gasteiger partial charge in [0.05, 0.1) is 17.0 Å². The lowest BCUT2D eigenvalue weighted by Gasteiger charge is -2.19. The number of hydrogen-bond donors (Lipinski definition) is 3. The number of urea groups is 1. The Hall–Kier alpha value is -4.62. The number of carbonyl (C=O) groups is 2. The molecule has 0 saturated carbocycles. The largest absolute Gasteiger partial charge is 0.354 e. The van der Waals surface area contributed by atoms with Gasteiger partial charge >= 0.3 is 6.03 Å². The summed E-state index contributed by atoms with van der Waals surface area (Å²) in [5.41, 5.74) is 6.01. The third-order valence-corrected chi connectivity index (χ3v) is 6.30. The van der Waals surface area contributed by atoms with E-state index in [-0.39, 0.29) is 11.9 Å². The van der Waals surface area contributed by atoms with Crippen molar-refractivity contribution in [3.05, 3.63) is 119 Å². The third-order valence-electron chi connectivity index (χ3n) is 6.06. The molecule has 184 valence electrons. The Labute approximate surface area is 219 Å². The average Bonchev–Trinajstić information content (AvgIpc) is 3.25. The van der Waals surface area contributed by atoms with Gasteiger partial charge in [-0.2, -0.15) is 0 Å². The van der Waals surface area contributed by atoms with Crippen molar-refractivity contribution in [2.75, 3.05) is 22.6 Å². The first-order chi connectivity index (χ1) is 18.0. The molecule has 8 heteroatoms. The lowest BCUT2D eigenvalue weighted by molar-refractivity contribution is -0.110. The predicted molar refractivity (Wildman–Crippen MR) is 148 cm³/mol. The Kier molecular flexibility index (Phi) is 6.87. The van der Waals surface area contributed by atoms with Crippen LogP contribution in [0.25, 0.3) is 11.3 Å². The minimum absolute atomic E-state index is 0.203. The van der Waals surface area contributed by atoms with Gasteiger partial charge in [-0.25, -0.2) is 4.79 Å². The zero-order chi connectivity index (χ0) is 25.8. The Morgan fingerprint density at radius 2 is 1.70 bits per heavy atom. The van der Waals surface area contributed by atoms with Gasteiger partial charge in [-0.1, -0.05) is 48.0 Å². The normalized spacial score (nSPS) is 13.4. The second-order valence-corrected chi connectivity index (χ2v) is 8.94. The number of hydrogen-bond acceptors (Lipinski definition) is 4. The molecule has 0 spiro atoms. The summed E-state index contributed by atoms with van der Waals surface area (Å²) in [6.45, 7) is 0.411. The van der Waals surface area contributed by atoms with Crippen molar-refractivity contribution < 1.29 is 9.59 Å². The summed E-state index contributed by atoms with van der Waals surface area (Å²) in [5.74, 6) is -0.203. The highest BCUT2D eigenvalue weighted by atomic mass is 35.5. The molecule has 37 heavy (non-hydrogen) atoms. The summed E-state index contributed by atoms with van der Waals surface area (Å²) in [6, 6.07) is 26.0. The second kappa shape index (κ2) is 10.6. The maximum atomic E-state index is 13.0. The Morgan fingerprint density at radius 3 is 2.43 bits per heavy atom. The van der Waals surface area contributed by atoms with E-state index in [1.54, 1.807) is 36.5 Å². The number of nitrogens with one attached hydrogen (secondary N) is 3. The fourth-order valence-electron chi connectivity index (χ4n) is 4.10. The molecule has 3 amide bonds. The number of benzene rings is 3. The molecule has 0 atom stereocenters. The predicted octanol–water partition coefficient (Wildman–Crippen LogP) is 6.01. The maximum Gasteiger partial charge on any atom is 0.321 e. The quantitative estimate of drug-likeness (QED) is 0.278. The van der Waals surface area contributed by atoms with Crippen LogP contribution in [0.1, 0.15) is 16.7 Å². The highest BCUT2D eigenvalue weighted by molar-refractivity contribution is 6.38. The SMILES string of the molecule is CN(C(=O)NCc1ccncc1)c1ccc(N/C(=C2\C(=O)Nc3cc(Cl)ccc32)c2ccccc2)cc1. The number of amides is 3. The van der Waals surface area contributed by atoms with E-state index >= 15 is 0 Å². The van der Waals surface area contributed by atoms with Gasteiger partial charge in [0.2, 0.25) is 0 Å². The van der Waals surface area contributed by atoms with E-state index in [1.165, 1.54) is 0 Å². The van der Waals surface area contributed by atoms with Gasteiger partial charge < -0.3 is 16.0 Å². The van der Waals surface area contributed by atoms with Crippen molar-refractivity contribution >= 4 is 51.9 Å². The van der Waals surface area contributed by atoms with Crippen LogP contribution in [0.2, 0.25) is 5.02 Å². The van der Waals surface area contributed by atoms with Crippen LogP contribution in [0.3, 0.4) is 0 Å². The van der Waals surface area contributed by atoms with Crippen molar-refractivity contribution in [3.63, 3.8) is 0 Å². The maximum absolute atomic E-state index is 13.0. The highest BCUT2D eigenvalue weighted by Gasteiger charge is 2.28. The number of anilines is 3. The van der Waals surface area contributed by atoms with E-state index < -0.39 is 0 Å². The zero-order valence-corrected chi connectivity index (χ0v) is 20.8. The van der Waals surface area contributed by atoms with Crippen LogP contribution in [0.5, 0.6) is 0 Å². The van der Waals surface area contributed by atoms with Gasteiger partial charge in [0, 0.05) is 47.9 Å². The minimum atomic E-state index is -0.220. The topological polar surface area (TPSA) is 86.4 Å². The van der Waals surface area contributed by atoms with Crippen molar-refractivity contribution in [2.24, 2.45) is 0 Å². The molecule has 1 aliphatic rings. The van der Waals surface area contributed by atoms with E-state index in [0.29, 0.717) is 28.5 Å². The van der Waals surface area contributed by atoms with Crippen LogP contribution in [-0.2, 0) is 11.3 Å². The third kappa shape index (κ3) is 5.32. The first-order valence-electron chi connectivity index (χ1n) is 11.7. The van der Waals surface area contributed by atoms with Gasteiger partial charge in [-0.3, -0.25) is 14.7 Å². The van der Waals surface area contributed by atoms with Gasteiger partial charge in [-0.05, 0) is 59.7 Å². The van der Waals surface area contributed by atoms with E-state index in [2.05, 4.69) is 20.9 Å². The summed E-state index contributed by atoms with van der Waals surface area (Å²) in [5, 5.41) is 9.79. The molecule has 0 radical (unpaired) electrons. The molecule has 5 rings (SSSR count). The molecular weight excluding hydrogens is 486 g/mol. The van der Waals surface area contributed by atoms with Crippen LogP contribution >= 0.6 is 11.6 Å². The van der Waals surface area contributed by atoms with Gasteiger partial charge in [-0.15, -0.1) is 0 Å². The molecule has 3 N–H and O–H groups in total. The van der Waals surface area contributed by atoms with Gasteiger partial charge in [0.25, 0.3) is 5.91 Å². The Bertz CT molecular complexity index is 1470. The van der Waals surface area contributed by atoms with Crippen molar-refractivity contribution in [2.45, 2.75) is 6.54 Å². The summed E-state index contributed by atoms with van der Waals surface area (Å²) in [4.78, 5) is 31.2. The van der Waals surface area contributed by atoms with Crippen LogP contribution < -0.4 is 20.9 Å². The van der Waals surface area contributed by atoms with Crippen LogP contribution in [0.4, 0.5) is 21.9 Å². The lowest BCUT2D eigenvalue weighted by atomic mass is 10.00. The molecule has 0 saturated heterocycles. The number of pyridine rings is 1. The summed E-state index contributed by atoms with van der Waals surface area (Å²) >= 11 is 6.14. The molecule has 0 aliphatic carbocycles. The zero-order valence-electron chi connectivity index (χ0n) is 20.0. The first-order valence-corrected chi connectivity index (χ1v) is 12.1. The van der Waals surface area contributed by atoms with Gasteiger partial charge in [0.15, 0.2) is 0 Å². The molecular formula is C29H24ClN5O2. The van der Waals surface area contributed by atoms with Crippen molar-refractivity contribution in [1.29, 1.82) is 0 Å². The van der Waals surface area contributed by atoms with Crippen molar-refractivity contribution in [3.8, 4) is 0 Å². The van der Waals surface area contributed by atoms with E-state index in [1.807, 2.05) is 72.8 Å².